The Bertz CT molecular complexity index is 517. The molecule has 4 heteroatoms. The fourth-order valence-corrected chi connectivity index (χ4v) is 1.48. The highest BCUT2D eigenvalue weighted by molar-refractivity contribution is 5.94. The van der Waals surface area contributed by atoms with E-state index >= 15 is 0 Å². The number of aliphatic hydroxyl groups is 1. The molecule has 1 rings (SSSR count). The summed E-state index contributed by atoms with van der Waals surface area (Å²) in [6.07, 6.45) is 1.28. The Morgan fingerprint density at radius 2 is 2.25 bits per heavy atom. The molecule has 0 aromatic heterocycles. The van der Waals surface area contributed by atoms with Crippen LogP contribution in [0.3, 0.4) is 0 Å². The maximum atomic E-state index is 13.8. The van der Waals surface area contributed by atoms with Gasteiger partial charge in [-0.3, -0.25) is 4.79 Å². The van der Waals surface area contributed by atoms with E-state index in [1.165, 1.54) is 12.1 Å². The van der Waals surface area contributed by atoms with Gasteiger partial charge in [0.05, 0.1) is 12.2 Å². The van der Waals surface area contributed by atoms with Gasteiger partial charge in [0.2, 0.25) is 0 Å². The van der Waals surface area contributed by atoms with Crippen molar-refractivity contribution < 1.29 is 14.3 Å². The Balaban J connectivity index is 2.72. The first-order valence-electron chi connectivity index (χ1n) is 6.76. The molecule has 0 bridgehead atoms. The van der Waals surface area contributed by atoms with Crippen LogP contribution in [-0.2, 0) is 0 Å². The molecule has 0 heterocycles. The lowest BCUT2D eigenvalue weighted by atomic mass is 10.1. The second-order valence-corrected chi connectivity index (χ2v) is 4.69. The average Bonchev–Trinajstić information content (AvgIpc) is 2.46. The van der Waals surface area contributed by atoms with Crippen molar-refractivity contribution in [1.82, 2.24) is 5.32 Å². The molecule has 0 fully saturated rings. The van der Waals surface area contributed by atoms with E-state index in [4.69, 9.17) is 5.11 Å². The van der Waals surface area contributed by atoms with Gasteiger partial charge >= 0.3 is 0 Å². The molecule has 0 saturated heterocycles. The number of nitrogens with one attached hydrogen (secondary N) is 1. The monoisotopic (exact) mass is 277 g/mol. The van der Waals surface area contributed by atoms with Gasteiger partial charge in [-0.1, -0.05) is 32.1 Å². The lowest BCUT2D eigenvalue weighted by Crippen LogP contribution is -2.28. The van der Waals surface area contributed by atoms with E-state index in [1.807, 2.05) is 6.92 Å². The van der Waals surface area contributed by atoms with E-state index in [2.05, 4.69) is 24.1 Å². The number of benzene rings is 1. The number of carbonyl (C=O) groups is 1. The summed E-state index contributed by atoms with van der Waals surface area (Å²) in [5.41, 5.74) is 0.524. The molecule has 0 saturated carbocycles. The van der Waals surface area contributed by atoms with Gasteiger partial charge in [-0.25, -0.2) is 4.39 Å². The maximum absolute atomic E-state index is 13.8. The molecule has 0 aliphatic carbocycles. The van der Waals surface area contributed by atoms with Gasteiger partial charge in [-0.05, 0) is 24.1 Å². The predicted octanol–water partition coefficient (Wildman–Crippen LogP) is 2.34. The van der Waals surface area contributed by atoms with Crippen LogP contribution in [0.15, 0.2) is 18.2 Å². The minimum Gasteiger partial charge on any atom is -0.395 e. The van der Waals surface area contributed by atoms with Crippen LogP contribution in [-0.4, -0.2) is 24.2 Å². The Kier molecular flexibility index (Phi) is 6.75. The minimum absolute atomic E-state index is 0.0509. The molecule has 0 spiro atoms. The summed E-state index contributed by atoms with van der Waals surface area (Å²) < 4.78 is 13.8. The van der Waals surface area contributed by atoms with Crippen molar-refractivity contribution in [2.75, 3.05) is 13.2 Å². The Labute approximate surface area is 119 Å². The second kappa shape index (κ2) is 8.34. The standard InChI is InChI=1S/C16H20FNO2/c1-3-12(2)11-18-16(20)14-8-7-13(15(17)10-14)6-4-5-9-19/h7-8,10,12,19H,3,5,9,11H2,1-2H3,(H,18,20). The quantitative estimate of drug-likeness (QED) is 0.812. The summed E-state index contributed by atoms with van der Waals surface area (Å²) in [5, 5.41) is 11.4. The second-order valence-electron chi connectivity index (χ2n) is 4.69. The Morgan fingerprint density at radius 1 is 1.50 bits per heavy atom. The van der Waals surface area contributed by atoms with E-state index < -0.39 is 5.82 Å². The fourth-order valence-electron chi connectivity index (χ4n) is 1.48. The summed E-state index contributed by atoms with van der Waals surface area (Å²) in [6.45, 7) is 4.62. The lowest BCUT2D eigenvalue weighted by Gasteiger charge is -2.10. The van der Waals surface area contributed by atoms with Gasteiger partial charge in [-0.15, -0.1) is 0 Å². The van der Waals surface area contributed by atoms with Crippen LogP contribution in [0.4, 0.5) is 4.39 Å². The molecule has 0 aliphatic heterocycles. The van der Waals surface area contributed by atoms with Gasteiger partial charge in [-0.2, -0.15) is 0 Å². The Morgan fingerprint density at radius 3 is 2.85 bits per heavy atom. The number of hydrogen-bond donors (Lipinski definition) is 2. The van der Waals surface area contributed by atoms with Gasteiger partial charge in [0.25, 0.3) is 5.91 Å². The topological polar surface area (TPSA) is 49.3 Å². The van der Waals surface area contributed by atoms with Crippen LogP contribution in [0.2, 0.25) is 0 Å². The van der Waals surface area contributed by atoms with E-state index in [1.54, 1.807) is 6.07 Å². The summed E-state index contributed by atoms with van der Waals surface area (Å²) >= 11 is 0. The molecular weight excluding hydrogens is 257 g/mol. The molecule has 1 amide bonds. The summed E-state index contributed by atoms with van der Waals surface area (Å²) in [6, 6.07) is 4.23. The van der Waals surface area contributed by atoms with Gasteiger partial charge in [0.15, 0.2) is 0 Å². The molecule has 1 atom stereocenters. The van der Waals surface area contributed by atoms with E-state index in [0.717, 1.165) is 6.42 Å². The first-order valence-corrected chi connectivity index (χ1v) is 6.76. The zero-order valence-electron chi connectivity index (χ0n) is 11.9. The largest absolute Gasteiger partial charge is 0.395 e. The highest BCUT2D eigenvalue weighted by Crippen LogP contribution is 2.10. The summed E-state index contributed by atoms with van der Waals surface area (Å²) in [4.78, 5) is 11.8. The molecule has 0 radical (unpaired) electrons. The van der Waals surface area contributed by atoms with Crippen molar-refractivity contribution in [2.24, 2.45) is 5.92 Å². The molecule has 0 aliphatic rings. The number of aliphatic hydroxyl groups excluding tert-OH is 1. The van der Waals surface area contributed by atoms with Gasteiger partial charge in [0.1, 0.15) is 5.82 Å². The molecule has 1 unspecified atom stereocenters. The number of hydrogen-bond acceptors (Lipinski definition) is 2. The van der Waals surface area contributed by atoms with Crippen molar-refractivity contribution in [3.05, 3.63) is 35.1 Å². The van der Waals surface area contributed by atoms with Crippen LogP contribution < -0.4 is 5.32 Å². The molecule has 3 nitrogen and oxygen atoms in total. The van der Waals surface area contributed by atoms with Crippen molar-refractivity contribution in [2.45, 2.75) is 26.7 Å². The van der Waals surface area contributed by atoms with Crippen LogP contribution in [0, 0.1) is 23.6 Å². The maximum Gasteiger partial charge on any atom is 0.251 e. The van der Waals surface area contributed by atoms with Crippen molar-refractivity contribution >= 4 is 5.91 Å². The molecular formula is C16H20FNO2. The van der Waals surface area contributed by atoms with Crippen LogP contribution in [0.1, 0.15) is 42.6 Å². The predicted molar refractivity (Wildman–Crippen MR) is 76.8 cm³/mol. The Hall–Kier alpha value is -1.86. The number of halogens is 1. The number of amides is 1. The smallest absolute Gasteiger partial charge is 0.251 e. The molecule has 20 heavy (non-hydrogen) atoms. The van der Waals surface area contributed by atoms with E-state index in [-0.39, 0.29) is 18.1 Å². The van der Waals surface area contributed by atoms with Gasteiger partial charge < -0.3 is 10.4 Å². The summed E-state index contributed by atoms with van der Waals surface area (Å²) in [7, 11) is 0. The molecule has 2 N–H and O–H groups in total. The first-order chi connectivity index (χ1) is 9.58. The highest BCUT2D eigenvalue weighted by atomic mass is 19.1. The lowest BCUT2D eigenvalue weighted by molar-refractivity contribution is 0.0947. The van der Waals surface area contributed by atoms with E-state index in [0.29, 0.717) is 24.4 Å². The van der Waals surface area contributed by atoms with Crippen LogP contribution in [0.5, 0.6) is 0 Å². The number of carbonyl (C=O) groups excluding carboxylic acids is 1. The highest BCUT2D eigenvalue weighted by Gasteiger charge is 2.09. The molecule has 1 aromatic rings. The van der Waals surface area contributed by atoms with Crippen LogP contribution in [0.25, 0.3) is 0 Å². The first kappa shape index (κ1) is 16.2. The molecule has 108 valence electrons. The fraction of sp³-hybridized carbons (Fsp3) is 0.438. The third-order valence-electron chi connectivity index (χ3n) is 3.00. The van der Waals surface area contributed by atoms with E-state index in [9.17, 15) is 9.18 Å². The SMILES string of the molecule is CCC(C)CNC(=O)c1ccc(C#CCCO)c(F)c1. The average molecular weight is 277 g/mol. The van der Waals surface area contributed by atoms with Crippen LogP contribution >= 0.6 is 0 Å². The minimum atomic E-state index is -0.522. The number of rotatable bonds is 5. The van der Waals surface area contributed by atoms with Gasteiger partial charge in [0, 0.05) is 18.5 Å². The normalized spacial score (nSPS) is 11.4. The third kappa shape index (κ3) is 5.02. The summed E-state index contributed by atoms with van der Waals surface area (Å²) in [5.74, 6) is 4.87. The zero-order chi connectivity index (χ0) is 15.0. The van der Waals surface area contributed by atoms with Crippen molar-refractivity contribution in [1.29, 1.82) is 0 Å². The third-order valence-corrected chi connectivity index (χ3v) is 3.00. The molecule has 1 aromatic carbocycles. The van der Waals surface area contributed by atoms with Crippen molar-refractivity contribution in [3.8, 4) is 11.8 Å². The zero-order valence-corrected chi connectivity index (χ0v) is 11.9. The van der Waals surface area contributed by atoms with Crippen molar-refractivity contribution in [3.63, 3.8) is 0 Å².